The van der Waals surface area contributed by atoms with Crippen LogP contribution in [0.4, 0.5) is 0 Å². The Morgan fingerprint density at radius 2 is 2.11 bits per heavy atom. The molecule has 0 aliphatic carbocycles. The van der Waals surface area contributed by atoms with Gasteiger partial charge in [-0.3, -0.25) is 0 Å². The van der Waals surface area contributed by atoms with E-state index in [1.807, 2.05) is 25.3 Å². The predicted octanol–water partition coefficient (Wildman–Crippen LogP) is 4.13. The molecule has 0 bridgehead atoms. The summed E-state index contributed by atoms with van der Waals surface area (Å²) in [4.78, 5) is 4.36. The summed E-state index contributed by atoms with van der Waals surface area (Å²) >= 11 is 1.51. The highest BCUT2D eigenvalue weighted by Crippen LogP contribution is 2.23. The van der Waals surface area contributed by atoms with Crippen LogP contribution in [-0.4, -0.2) is 4.98 Å². The standard InChI is InChI=1S/C15H14N2S/c1-10-4-5-11(2)13(6-10)7-14(8-16)15-17-12(3)9-18-15/h4-7,9H,1-3H3/b14-7+. The van der Waals surface area contributed by atoms with Crippen LogP contribution in [0.2, 0.25) is 0 Å². The number of aryl methyl sites for hydroxylation is 3. The molecule has 1 aromatic carbocycles. The van der Waals surface area contributed by atoms with E-state index in [1.165, 1.54) is 22.5 Å². The highest BCUT2D eigenvalue weighted by molar-refractivity contribution is 7.11. The van der Waals surface area contributed by atoms with E-state index < -0.39 is 0 Å². The molecule has 0 saturated heterocycles. The Bertz CT molecular complexity index is 645. The molecule has 0 amide bonds. The van der Waals surface area contributed by atoms with Crippen LogP contribution in [0, 0.1) is 32.1 Å². The lowest BCUT2D eigenvalue weighted by atomic mass is 10.0. The number of aromatic nitrogens is 1. The summed E-state index contributed by atoms with van der Waals surface area (Å²) in [5.74, 6) is 0. The summed E-state index contributed by atoms with van der Waals surface area (Å²) in [7, 11) is 0. The SMILES string of the molecule is Cc1ccc(C)c(/C=C(\C#N)c2nc(C)cs2)c1. The quantitative estimate of drug-likeness (QED) is 0.755. The second kappa shape index (κ2) is 5.16. The molecule has 0 N–H and O–H groups in total. The van der Waals surface area contributed by atoms with E-state index in [0.29, 0.717) is 5.57 Å². The first-order valence-electron chi connectivity index (χ1n) is 5.71. The number of allylic oxidation sites excluding steroid dienone is 1. The maximum absolute atomic E-state index is 9.26. The van der Waals surface area contributed by atoms with E-state index in [1.54, 1.807) is 0 Å². The first kappa shape index (κ1) is 12.5. The van der Waals surface area contributed by atoms with Crippen molar-refractivity contribution >= 4 is 23.0 Å². The maximum atomic E-state index is 9.26. The lowest BCUT2D eigenvalue weighted by Gasteiger charge is -2.02. The van der Waals surface area contributed by atoms with Crippen molar-refractivity contribution in [3.63, 3.8) is 0 Å². The molecule has 0 atom stereocenters. The highest BCUT2D eigenvalue weighted by atomic mass is 32.1. The number of thiazole rings is 1. The number of nitrogens with zero attached hydrogens (tertiary/aromatic N) is 2. The first-order valence-corrected chi connectivity index (χ1v) is 6.59. The van der Waals surface area contributed by atoms with Gasteiger partial charge in [0.05, 0.1) is 5.57 Å². The number of nitriles is 1. The van der Waals surface area contributed by atoms with Crippen LogP contribution in [0.15, 0.2) is 23.6 Å². The topological polar surface area (TPSA) is 36.7 Å². The van der Waals surface area contributed by atoms with Gasteiger partial charge < -0.3 is 0 Å². The Morgan fingerprint density at radius 1 is 1.33 bits per heavy atom. The van der Waals surface area contributed by atoms with Gasteiger partial charge >= 0.3 is 0 Å². The zero-order valence-electron chi connectivity index (χ0n) is 10.7. The van der Waals surface area contributed by atoms with Crippen LogP contribution >= 0.6 is 11.3 Å². The van der Waals surface area contributed by atoms with E-state index in [2.05, 4.69) is 36.2 Å². The molecule has 0 aliphatic rings. The van der Waals surface area contributed by atoms with Crippen LogP contribution in [0.5, 0.6) is 0 Å². The lowest BCUT2D eigenvalue weighted by molar-refractivity contribution is 1.25. The molecule has 90 valence electrons. The molecule has 2 rings (SSSR count). The number of hydrogen-bond acceptors (Lipinski definition) is 3. The molecule has 1 heterocycles. The number of hydrogen-bond donors (Lipinski definition) is 0. The van der Waals surface area contributed by atoms with Gasteiger partial charge in [-0.2, -0.15) is 5.26 Å². The summed E-state index contributed by atoms with van der Waals surface area (Å²) in [6, 6.07) is 8.47. The molecule has 0 spiro atoms. The normalized spacial score (nSPS) is 11.3. The van der Waals surface area contributed by atoms with Gasteiger partial charge in [-0.25, -0.2) is 4.98 Å². The Kier molecular flexibility index (Phi) is 3.59. The Morgan fingerprint density at radius 3 is 2.72 bits per heavy atom. The van der Waals surface area contributed by atoms with Crippen LogP contribution in [0.25, 0.3) is 11.6 Å². The zero-order valence-corrected chi connectivity index (χ0v) is 11.5. The molecular weight excluding hydrogens is 240 g/mol. The molecule has 1 aromatic heterocycles. The molecule has 0 saturated carbocycles. The smallest absolute Gasteiger partial charge is 0.134 e. The fourth-order valence-corrected chi connectivity index (χ4v) is 2.45. The minimum atomic E-state index is 0.627. The van der Waals surface area contributed by atoms with E-state index in [9.17, 15) is 5.26 Å². The van der Waals surface area contributed by atoms with Crippen molar-refractivity contribution in [3.05, 3.63) is 51.0 Å². The van der Waals surface area contributed by atoms with E-state index in [-0.39, 0.29) is 0 Å². The molecule has 0 radical (unpaired) electrons. The summed E-state index contributed by atoms with van der Waals surface area (Å²) in [5, 5.41) is 12.0. The van der Waals surface area contributed by atoms with Gasteiger partial charge in [-0.1, -0.05) is 23.8 Å². The lowest BCUT2D eigenvalue weighted by Crippen LogP contribution is -1.85. The molecule has 2 aromatic rings. The Hall–Kier alpha value is -1.92. The average molecular weight is 254 g/mol. The second-order valence-corrected chi connectivity index (χ2v) is 5.18. The molecule has 18 heavy (non-hydrogen) atoms. The monoisotopic (exact) mass is 254 g/mol. The molecule has 3 heteroatoms. The molecule has 0 fully saturated rings. The van der Waals surface area contributed by atoms with Gasteiger partial charge in [0.1, 0.15) is 11.1 Å². The summed E-state index contributed by atoms with van der Waals surface area (Å²) in [5.41, 5.74) is 5.03. The van der Waals surface area contributed by atoms with Crippen molar-refractivity contribution in [2.45, 2.75) is 20.8 Å². The fourth-order valence-electron chi connectivity index (χ4n) is 1.69. The zero-order chi connectivity index (χ0) is 13.1. The summed E-state index contributed by atoms with van der Waals surface area (Å²) < 4.78 is 0. The van der Waals surface area contributed by atoms with Crippen molar-refractivity contribution in [2.24, 2.45) is 0 Å². The Labute approximate surface area is 111 Å². The maximum Gasteiger partial charge on any atom is 0.134 e. The largest absolute Gasteiger partial charge is 0.241 e. The van der Waals surface area contributed by atoms with Gasteiger partial charge in [0.25, 0.3) is 0 Å². The van der Waals surface area contributed by atoms with Gasteiger partial charge in [-0.05, 0) is 38.0 Å². The highest BCUT2D eigenvalue weighted by Gasteiger charge is 2.06. The van der Waals surface area contributed by atoms with E-state index >= 15 is 0 Å². The van der Waals surface area contributed by atoms with E-state index in [0.717, 1.165) is 16.3 Å². The Balaban J connectivity index is 2.48. The predicted molar refractivity (Wildman–Crippen MR) is 76.3 cm³/mol. The average Bonchev–Trinajstić information content (AvgIpc) is 2.77. The minimum absolute atomic E-state index is 0.627. The van der Waals surface area contributed by atoms with Crippen molar-refractivity contribution in [3.8, 4) is 6.07 Å². The molecule has 0 unspecified atom stereocenters. The third-order valence-electron chi connectivity index (χ3n) is 2.70. The van der Waals surface area contributed by atoms with Crippen molar-refractivity contribution in [1.82, 2.24) is 4.98 Å². The number of benzene rings is 1. The van der Waals surface area contributed by atoms with Gasteiger partial charge in [0, 0.05) is 11.1 Å². The fraction of sp³-hybridized carbons (Fsp3) is 0.200. The van der Waals surface area contributed by atoms with Crippen LogP contribution < -0.4 is 0 Å². The van der Waals surface area contributed by atoms with E-state index in [4.69, 9.17) is 0 Å². The van der Waals surface area contributed by atoms with Crippen LogP contribution in [-0.2, 0) is 0 Å². The first-order chi connectivity index (χ1) is 8.60. The van der Waals surface area contributed by atoms with Crippen LogP contribution in [0.3, 0.4) is 0 Å². The van der Waals surface area contributed by atoms with Gasteiger partial charge in [0.2, 0.25) is 0 Å². The molecule has 0 aliphatic heterocycles. The summed E-state index contributed by atoms with van der Waals surface area (Å²) in [6.07, 6.45) is 1.92. The van der Waals surface area contributed by atoms with Crippen molar-refractivity contribution in [2.75, 3.05) is 0 Å². The van der Waals surface area contributed by atoms with Crippen LogP contribution in [0.1, 0.15) is 27.4 Å². The molecule has 2 nitrogen and oxygen atoms in total. The molecular formula is C15H14N2S. The third kappa shape index (κ3) is 2.66. The minimum Gasteiger partial charge on any atom is -0.241 e. The van der Waals surface area contributed by atoms with Gasteiger partial charge in [-0.15, -0.1) is 11.3 Å². The van der Waals surface area contributed by atoms with Crippen molar-refractivity contribution in [1.29, 1.82) is 5.26 Å². The number of rotatable bonds is 2. The second-order valence-electron chi connectivity index (χ2n) is 4.32. The van der Waals surface area contributed by atoms with Gasteiger partial charge in [0.15, 0.2) is 0 Å². The third-order valence-corrected chi connectivity index (χ3v) is 3.70. The van der Waals surface area contributed by atoms with Crippen molar-refractivity contribution < 1.29 is 0 Å². The summed E-state index contributed by atoms with van der Waals surface area (Å²) in [6.45, 7) is 6.04.